The highest BCUT2D eigenvalue weighted by Gasteiger charge is 2.58. The molecule has 1 nitrogen and oxygen atoms in total. The van der Waals surface area contributed by atoms with Crippen LogP contribution in [0.4, 0.5) is 0 Å². The van der Waals surface area contributed by atoms with E-state index in [0.29, 0.717) is 5.92 Å². The molecule has 0 bridgehead atoms. The van der Waals surface area contributed by atoms with Gasteiger partial charge >= 0.3 is 0 Å². The zero-order valence-corrected chi connectivity index (χ0v) is 6.70. The highest BCUT2D eigenvalue weighted by molar-refractivity contribution is 6.64. The summed E-state index contributed by atoms with van der Waals surface area (Å²) in [6.45, 7) is 6.20. The van der Waals surface area contributed by atoms with Gasteiger partial charge in [0, 0.05) is 5.92 Å². The molecule has 52 valence electrons. The van der Waals surface area contributed by atoms with Crippen LogP contribution in [0.3, 0.4) is 0 Å². The van der Waals surface area contributed by atoms with Crippen LogP contribution >= 0.6 is 11.6 Å². The van der Waals surface area contributed by atoms with Crippen LogP contribution < -0.4 is 0 Å². The minimum absolute atomic E-state index is 0.110. The van der Waals surface area contributed by atoms with E-state index in [4.69, 9.17) is 11.6 Å². The molecule has 0 unspecified atom stereocenters. The number of hydrogen-bond acceptors (Lipinski definition) is 1. The summed E-state index contributed by atoms with van der Waals surface area (Å²) >= 11 is 5.32. The first kappa shape index (κ1) is 7.07. The smallest absolute Gasteiger partial charge is 0.225 e. The Labute approximate surface area is 60.4 Å². The second kappa shape index (κ2) is 1.72. The fourth-order valence-corrected chi connectivity index (χ4v) is 1.85. The second-order valence-corrected chi connectivity index (χ2v) is 3.76. The summed E-state index contributed by atoms with van der Waals surface area (Å²) in [6, 6.07) is 0. The van der Waals surface area contributed by atoms with Crippen molar-refractivity contribution in [3.05, 3.63) is 0 Å². The average molecular weight is 147 g/mol. The van der Waals surface area contributed by atoms with Gasteiger partial charge in [0.1, 0.15) is 0 Å². The van der Waals surface area contributed by atoms with Crippen LogP contribution in [-0.2, 0) is 4.79 Å². The van der Waals surface area contributed by atoms with Crippen molar-refractivity contribution in [1.82, 2.24) is 0 Å². The van der Waals surface area contributed by atoms with Crippen molar-refractivity contribution < 1.29 is 4.79 Å². The largest absolute Gasteiger partial charge is 0.281 e. The van der Waals surface area contributed by atoms with E-state index < -0.39 is 0 Å². The van der Waals surface area contributed by atoms with Gasteiger partial charge in [0.15, 0.2) is 0 Å². The summed E-state index contributed by atoms with van der Waals surface area (Å²) in [5, 5.41) is -0.174. The highest BCUT2D eigenvalue weighted by Crippen LogP contribution is 2.58. The number of rotatable bonds is 1. The van der Waals surface area contributed by atoms with Gasteiger partial charge in [0.05, 0.1) is 0 Å². The van der Waals surface area contributed by atoms with Crippen LogP contribution in [0.15, 0.2) is 0 Å². The fourth-order valence-electron chi connectivity index (χ4n) is 1.38. The predicted octanol–water partition coefficient (Wildman–Crippen LogP) is 2.04. The molecule has 0 heterocycles. The Kier molecular flexibility index (Phi) is 1.35. The van der Waals surface area contributed by atoms with E-state index in [1.165, 1.54) is 0 Å². The van der Waals surface area contributed by atoms with Crippen LogP contribution in [0.1, 0.15) is 20.8 Å². The Morgan fingerprint density at radius 3 is 1.89 bits per heavy atom. The molecule has 0 amide bonds. The van der Waals surface area contributed by atoms with E-state index in [9.17, 15) is 4.79 Å². The minimum Gasteiger partial charge on any atom is -0.281 e. The van der Waals surface area contributed by atoms with Crippen molar-refractivity contribution in [3.8, 4) is 0 Å². The fraction of sp³-hybridized carbons (Fsp3) is 0.857. The van der Waals surface area contributed by atoms with Crippen LogP contribution in [0, 0.1) is 17.3 Å². The quantitative estimate of drug-likeness (QED) is 0.518. The molecule has 1 aliphatic carbocycles. The maximum absolute atomic E-state index is 10.6. The summed E-state index contributed by atoms with van der Waals surface area (Å²) in [7, 11) is 0. The molecule has 0 aliphatic heterocycles. The third-order valence-electron chi connectivity index (χ3n) is 2.61. The SMILES string of the molecule is C[C@@H]1[C@@H](C(=O)Cl)C1(C)C. The zero-order chi connectivity index (χ0) is 7.23. The Balaban J connectivity index is 2.62. The van der Waals surface area contributed by atoms with Crippen molar-refractivity contribution in [2.75, 3.05) is 0 Å². The Morgan fingerprint density at radius 1 is 1.56 bits per heavy atom. The lowest BCUT2D eigenvalue weighted by Crippen LogP contribution is -1.96. The first-order chi connectivity index (χ1) is 3.98. The van der Waals surface area contributed by atoms with Crippen LogP contribution in [-0.4, -0.2) is 5.24 Å². The maximum Gasteiger partial charge on any atom is 0.225 e. The first-order valence-electron chi connectivity index (χ1n) is 3.17. The Morgan fingerprint density at radius 2 is 1.89 bits per heavy atom. The van der Waals surface area contributed by atoms with Gasteiger partial charge in [-0.25, -0.2) is 0 Å². The van der Waals surface area contributed by atoms with Crippen molar-refractivity contribution in [3.63, 3.8) is 0 Å². The normalized spacial score (nSPS) is 38.2. The van der Waals surface area contributed by atoms with Gasteiger partial charge in [0.25, 0.3) is 0 Å². The van der Waals surface area contributed by atoms with E-state index in [1.54, 1.807) is 0 Å². The molecule has 0 saturated heterocycles. The average Bonchev–Trinajstić information content (AvgIpc) is 2.07. The molecule has 2 atom stereocenters. The van der Waals surface area contributed by atoms with Gasteiger partial charge in [-0.3, -0.25) is 4.79 Å². The molecule has 9 heavy (non-hydrogen) atoms. The summed E-state index contributed by atoms with van der Waals surface area (Å²) in [6.07, 6.45) is 0. The molecule has 1 saturated carbocycles. The van der Waals surface area contributed by atoms with Crippen LogP contribution in [0.2, 0.25) is 0 Å². The molecular formula is C7H11ClO. The van der Waals surface area contributed by atoms with Crippen LogP contribution in [0.25, 0.3) is 0 Å². The number of carbonyl (C=O) groups excluding carboxylic acids is 1. The molecule has 1 fully saturated rings. The summed E-state index contributed by atoms with van der Waals surface area (Å²) in [4.78, 5) is 10.6. The van der Waals surface area contributed by atoms with Gasteiger partial charge in [-0.15, -0.1) is 0 Å². The number of hydrogen-bond donors (Lipinski definition) is 0. The minimum atomic E-state index is -0.174. The lowest BCUT2D eigenvalue weighted by atomic mass is 10.1. The van der Waals surface area contributed by atoms with E-state index in [1.807, 2.05) is 0 Å². The molecular weight excluding hydrogens is 136 g/mol. The third kappa shape index (κ3) is 0.877. The zero-order valence-electron chi connectivity index (χ0n) is 5.94. The molecule has 2 heteroatoms. The van der Waals surface area contributed by atoms with Crippen molar-refractivity contribution in [1.29, 1.82) is 0 Å². The molecule has 0 aromatic carbocycles. The lowest BCUT2D eigenvalue weighted by Gasteiger charge is -1.95. The van der Waals surface area contributed by atoms with E-state index in [-0.39, 0.29) is 16.6 Å². The van der Waals surface area contributed by atoms with Crippen molar-refractivity contribution >= 4 is 16.8 Å². The van der Waals surface area contributed by atoms with E-state index >= 15 is 0 Å². The monoisotopic (exact) mass is 146 g/mol. The first-order valence-corrected chi connectivity index (χ1v) is 3.55. The molecule has 0 radical (unpaired) electrons. The topological polar surface area (TPSA) is 17.1 Å². The second-order valence-electron chi connectivity index (χ2n) is 3.39. The molecule has 0 aromatic heterocycles. The van der Waals surface area contributed by atoms with Gasteiger partial charge in [0.2, 0.25) is 5.24 Å². The van der Waals surface area contributed by atoms with Gasteiger partial charge < -0.3 is 0 Å². The molecule has 0 aromatic rings. The standard InChI is InChI=1S/C7H11ClO/c1-4-5(6(8)9)7(4,2)3/h4-5H,1-3H3/t4-,5+/m1/s1. The summed E-state index contributed by atoms with van der Waals surface area (Å²) in [5.74, 6) is 0.585. The van der Waals surface area contributed by atoms with Gasteiger partial charge in [-0.05, 0) is 22.9 Å². The number of halogens is 1. The maximum atomic E-state index is 10.6. The predicted molar refractivity (Wildman–Crippen MR) is 37.3 cm³/mol. The number of carbonyl (C=O) groups is 1. The Bertz CT molecular complexity index is 151. The highest BCUT2D eigenvalue weighted by atomic mass is 35.5. The summed E-state index contributed by atoms with van der Waals surface area (Å²) in [5.41, 5.74) is 0.166. The van der Waals surface area contributed by atoms with Gasteiger partial charge in [-0.1, -0.05) is 20.8 Å². The molecule has 0 N–H and O–H groups in total. The molecule has 1 rings (SSSR count). The summed E-state index contributed by atoms with van der Waals surface area (Å²) < 4.78 is 0. The third-order valence-corrected chi connectivity index (χ3v) is 2.85. The van der Waals surface area contributed by atoms with Gasteiger partial charge in [-0.2, -0.15) is 0 Å². The van der Waals surface area contributed by atoms with Crippen molar-refractivity contribution in [2.45, 2.75) is 20.8 Å². The van der Waals surface area contributed by atoms with E-state index in [2.05, 4.69) is 20.8 Å². The Hall–Kier alpha value is -0.0400. The van der Waals surface area contributed by atoms with Crippen LogP contribution in [0.5, 0.6) is 0 Å². The lowest BCUT2D eigenvalue weighted by molar-refractivity contribution is -0.113. The molecule has 0 spiro atoms. The molecule has 1 aliphatic rings. The van der Waals surface area contributed by atoms with Crippen molar-refractivity contribution in [2.24, 2.45) is 17.3 Å². The van der Waals surface area contributed by atoms with E-state index in [0.717, 1.165) is 0 Å².